The number of pyridine rings is 1. The number of anilines is 3. The molecule has 0 amide bonds. The maximum Gasteiger partial charge on any atom is 0.229 e. The molecule has 38 heavy (non-hydrogen) atoms. The lowest BCUT2D eigenvalue weighted by Gasteiger charge is -2.46. The van der Waals surface area contributed by atoms with E-state index in [1.807, 2.05) is 33.8 Å². The predicted molar refractivity (Wildman–Crippen MR) is 145 cm³/mol. The largest absolute Gasteiger partial charge is 0.474 e. The third kappa shape index (κ3) is 6.34. The van der Waals surface area contributed by atoms with Crippen LogP contribution in [0.4, 0.5) is 17.5 Å². The summed E-state index contributed by atoms with van der Waals surface area (Å²) in [6.45, 7) is 16.6. The van der Waals surface area contributed by atoms with Crippen LogP contribution >= 0.6 is 0 Å². The first-order valence-electron chi connectivity index (χ1n) is 12.9. The number of aromatic nitrogens is 7. The van der Waals surface area contributed by atoms with Crippen molar-refractivity contribution >= 4 is 17.5 Å². The lowest BCUT2D eigenvalue weighted by molar-refractivity contribution is 0.170. The Hall–Kier alpha value is -3.85. The molecule has 1 aliphatic rings. The van der Waals surface area contributed by atoms with Crippen molar-refractivity contribution in [1.29, 1.82) is 5.26 Å². The van der Waals surface area contributed by atoms with Crippen molar-refractivity contribution in [2.75, 3.05) is 10.6 Å². The van der Waals surface area contributed by atoms with Crippen LogP contribution in [0.25, 0.3) is 11.4 Å². The van der Waals surface area contributed by atoms with Crippen LogP contribution in [0.5, 0.6) is 5.88 Å². The maximum atomic E-state index is 9.70. The van der Waals surface area contributed by atoms with E-state index in [4.69, 9.17) is 4.74 Å². The third-order valence-electron chi connectivity index (χ3n) is 6.12. The summed E-state index contributed by atoms with van der Waals surface area (Å²) in [5, 5.41) is 32.3. The molecule has 3 aromatic heterocycles. The molecule has 0 bridgehead atoms. The van der Waals surface area contributed by atoms with Gasteiger partial charge < -0.3 is 20.7 Å². The van der Waals surface area contributed by atoms with E-state index in [0.29, 0.717) is 40.3 Å². The Morgan fingerprint density at radius 3 is 2.45 bits per heavy atom. The van der Waals surface area contributed by atoms with Gasteiger partial charge in [-0.05, 0) is 84.7 Å². The molecule has 0 aliphatic carbocycles. The van der Waals surface area contributed by atoms with Crippen molar-refractivity contribution in [2.24, 2.45) is 0 Å². The van der Waals surface area contributed by atoms with Gasteiger partial charge in [0.1, 0.15) is 17.5 Å². The van der Waals surface area contributed by atoms with Gasteiger partial charge in [0, 0.05) is 17.1 Å². The molecule has 12 heteroatoms. The topological polar surface area (TPSA) is 151 Å². The maximum absolute atomic E-state index is 9.70. The molecule has 1 fully saturated rings. The Kier molecular flexibility index (Phi) is 7.51. The fourth-order valence-corrected chi connectivity index (χ4v) is 5.10. The minimum Gasteiger partial charge on any atom is -0.474 e. The first kappa shape index (κ1) is 27.2. The van der Waals surface area contributed by atoms with Crippen LogP contribution in [0.1, 0.15) is 79.8 Å². The van der Waals surface area contributed by atoms with Crippen LogP contribution in [0, 0.1) is 11.3 Å². The molecular weight excluding hydrogens is 482 g/mol. The summed E-state index contributed by atoms with van der Waals surface area (Å²) >= 11 is 0. The van der Waals surface area contributed by atoms with Crippen LogP contribution in [0.2, 0.25) is 0 Å². The van der Waals surface area contributed by atoms with Gasteiger partial charge in [-0.2, -0.15) is 10.2 Å². The van der Waals surface area contributed by atoms with Gasteiger partial charge in [-0.15, -0.1) is 5.10 Å². The number of ether oxygens (including phenoxy) is 1. The summed E-state index contributed by atoms with van der Waals surface area (Å²) < 4.78 is 7.66. The highest BCUT2D eigenvalue weighted by atomic mass is 16.5. The molecule has 0 radical (unpaired) electrons. The summed E-state index contributed by atoms with van der Waals surface area (Å²) in [7, 11) is 0. The van der Waals surface area contributed by atoms with Gasteiger partial charge in [-0.3, -0.25) is 0 Å². The second kappa shape index (κ2) is 10.5. The molecule has 3 aromatic rings. The summed E-state index contributed by atoms with van der Waals surface area (Å²) in [4.78, 5) is 13.5. The Balaban J connectivity index is 1.64. The van der Waals surface area contributed by atoms with Crippen LogP contribution < -0.4 is 20.7 Å². The smallest absolute Gasteiger partial charge is 0.229 e. The van der Waals surface area contributed by atoms with E-state index in [1.54, 1.807) is 10.9 Å². The highest BCUT2D eigenvalue weighted by Crippen LogP contribution is 2.33. The zero-order valence-corrected chi connectivity index (χ0v) is 23.4. The number of hydrogen-bond acceptors (Lipinski definition) is 11. The van der Waals surface area contributed by atoms with E-state index in [9.17, 15) is 5.26 Å². The Morgan fingerprint density at radius 1 is 1.11 bits per heavy atom. The molecule has 1 saturated heterocycles. The predicted octanol–water partition coefficient (Wildman–Crippen LogP) is 4.23. The first-order valence-corrected chi connectivity index (χ1v) is 12.9. The highest BCUT2D eigenvalue weighted by molar-refractivity contribution is 5.69. The average Bonchev–Trinajstić information content (AvgIpc) is 3.28. The van der Waals surface area contributed by atoms with E-state index < -0.39 is 0 Å². The quantitative estimate of drug-likeness (QED) is 0.392. The minimum atomic E-state index is -0.0797. The molecule has 0 unspecified atom stereocenters. The van der Waals surface area contributed by atoms with Crippen molar-refractivity contribution in [2.45, 2.75) is 97.5 Å². The molecular formula is C26H37N11O. The summed E-state index contributed by atoms with van der Waals surface area (Å²) in [6.07, 6.45) is 4.88. The number of piperidine rings is 1. The number of rotatable bonds is 8. The fourth-order valence-electron chi connectivity index (χ4n) is 5.10. The summed E-state index contributed by atoms with van der Waals surface area (Å²) in [5.74, 6) is 1.82. The van der Waals surface area contributed by atoms with E-state index in [2.05, 4.69) is 80.2 Å². The lowest BCUT2D eigenvalue weighted by Crippen LogP contribution is -2.60. The molecule has 4 heterocycles. The second-order valence-corrected chi connectivity index (χ2v) is 11.6. The Bertz CT molecular complexity index is 1310. The van der Waals surface area contributed by atoms with Gasteiger partial charge in [-0.1, -0.05) is 0 Å². The fraction of sp³-hybridized carbons (Fsp3) is 0.577. The van der Waals surface area contributed by atoms with Gasteiger partial charge in [0.05, 0.1) is 35.8 Å². The number of nitrogens with one attached hydrogen (secondary N) is 3. The molecule has 0 aromatic carbocycles. The zero-order chi connectivity index (χ0) is 27.7. The van der Waals surface area contributed by atoms with Gasteiger partial charge in [-0.25, -0.2) is 14.6 Å². The van der Waals surface area contributed by atoms with Crippen molar-refractivity contribution in [3.63, 3.8) is 0 Å². The van der Waals surface area contributed by atoms with Crippen LogP contribution in [-0.4, -0.2) is 58.4 Å². The molecule has 202 valence electrons. The lowest BCUT2D eigenvalue weighted by atomic mass is 9.79. The van der Waals surface area contributed by atoms with Crippen LogP contribution in [-0.2, 0) is 0 Å². The molecule has 4 rings (SSSR count). The average molecular weight is 520 g/mol. The monoisotopic (exact) mass is 519 g/mol. The van der Waals surface area contributed by atoms with E-state index in [-0.39, 0.29) is 29.3 Å². The van der Waals surface area contributed by atoms with Crippen molar-refractivity contribution in [3.05, 3.63) is 24.0 Å². The highest BCUT2D eigenvalue weighted by Gasteiger charge is 2.38. The molecule has 12 nitrogen and oxygen atoms in total. The molecule has 0 atom stereocenters. The first-order chi connectivity index (χ1) is 17.9. The van der Waals surface area contributed by atoms with Gasteiger partial charge in [0.2, 0.25) is 11.8 Å². The van der Waals surface area contributed by atoms with Crippen molar-refractivity contribution in [1.82, 2.24) is 40.5 Å². The molecule has 0 saturated carbocycles. The van der Waals surface area contributed by atoms with Gasteiger partial charge in [0.15, 0.2) is 5.82 Å². The number of tetrazole rings is 1. The second-order valence-electron chi connectivity index (χ2n) is 11.6. The number of hydrogen-bond donors (Lipinski definition) is 3. The molecule has 1 aliphatic heterocycles. The standard InChI is InChI=1S/C26H37N11O/c1-15(2)37-22(33-35-36-37)20-9-18(14-28-23(20)38-16(3)4)31-24-29-13-17(12-27)21(32-24)30-19-10-25(5,6)34-26(7,8)11-19/h9,13-16,19,34H,10-11H2,1-8H3,(H2,29,30,31,32). The van der Waals surface area contributed by atoms with Crippen molar-refractivity contribution < 1.29 is 4.74 Å². The molecule has 3 N–H and O–H groups in total. The zero-order valence-electron chi connectivity index (χ0n) is 23.4. The minimum absolute atomic E-state index is 0.0453. The SMILES string of the molecule is CC(C)Oc1ncc(Nc2ncc(C#N)c(NC3CC(C)(C)NC(C)(C)C3)n2)cc1-c1nnnn1C(C)C. The van der Waals surface area contributed by atoms with Crippen LogP contribution in [0.15, 0.2) is 18.5 Å². The third-order valence-corrected chi connectivity index (χ3v) is 6.12. The number of nitrogens with zero attached hydrogens (tertiary/aromatic N) is 8. The van der Waals surface area contributed by atoms with Gasteiger partial charge in [0.25, 0.3) is 0 Å². The van der Waals surface area contributed by atoms with E-state index >= 15 is 0 Å². The summed E-state index contributed by atoms with van der Waals surface area (Å²) in [5.41, 5.74) is 1.57. The Morgan fingerprint density at radius 2 is 1.82 bits per heavy atom. The van der Waals surface area contributed by atoms with Gasteiger partial charge >= 0.3 is 0 Å². The normalized spacial score (nSPS) is 16.9. The number of nitriles is 1. The molecule has 0 spiro atoms. The van der Waals surface area contributed by atoms with E-state index in [1.165, 1.54) is 6.20 Å². The van der Waals surface area contributed by atoms with Crippen LogP contribution in [0.3, 0.4) is 0 Å². The van der Waals surface area contributed by atoms with E-state index in [0.717, 1.165) is 12.8 Å². The Labute approximate surface area is 223 Å². The van der Waals surface area contributed by atoms with Crippen molar-refractivity contribution in [3.8, 4) is 23.3 Å². The summed E-state index contributed by atoms with van der Waals surface area (Å²) in [6, 6.07) is 4.26.